The highest BCUT2D eigenvalue weighted by atomic mass is 16.6. The Labute approximate surface area is 128 Å². The number of carbonyl (C=O) groups is 1. The van der Waals surface area contributed by atoms with Gasteiger partial charge in [-0.05, 0) is 50.5 Å². The number of ether oxygens (including phenoxy) is 1. The van der Waals surface area contributed by atoms with E-state index in [4.69, 9.17) is 4.74 Å². The van der Waals surface area contributed by atoms with Crippen LogP contribution >= 0.6 is 0 Å². The van der Waals surface area contributed by atoms with Gasteiger partial charge in [-0.1, -0.05) is 20.3 Å². The molecule has 4 heteroatoms. The van der Waals surface area contributed by atoms with Crippen LogP contribution in [0.2, 0.25) is 0 Å². The standard InChI is InChI=1S/C17H30N2O2/c1-13(2)15-11-17(7-4-8-17)12-19(15)16(20)21-14-5-9-18(3)10-6-14/h13-15H,4-12H2,1-3H3. The van der Waals surface area contributed by atoms with Crippen LogP contribution in [0, 0.1) is 11.3 Å². The first-order valence-corrected chi connectivity index (χ1v) is 8.65. The number of hydrogen-bond donors (Lipinski definition) is 0. The summed E-state index contributed by atoms with van der Waals surface area (Å²) in [7, 11) is 2.13. The topological polar surface area (TPSA) is 32.8 Å². The van der Waals surface area contributed by atoms with E-state index in [0.717, 1.165) is 32.5 Å². The van der Waals surface area contributed by atoms with Gasteiger partial charge in [-0.25, -0.2) is 4.79 Å². The minimum absolute atomic E-state index is 0.0490. The van der Waals surface area contributed by atoms with E-state index in [1.165, 1.54) is 25.7 Å². The predicted molar refractivity (Wildman–Crippen MR) is 83.2 cm³/mol. The van der Waals surface area contributed by atoms with Crippen molar-refractivity contribution in [3.8, 4) is 0 Å². The van der Waals surface area contributed by atoms with Gasteiger partial charge < -0.3 is 14.5 Å². The van der Waals surface area contributed by atoms with E-state index >= 15 is 0 Å². The molecule has 1 saturated carbocycles. The van der Waals surface area contributed by atoms with Gasteiger partial charge in [-0.15, -0.1) is 0 Å². The molecule has 4 nitrogen and oxygen atoms in total. The highest BCUT2D eigenvalue weighted by Crippen LogP contribution is 2.51. The third kappa shape index (κ3) is 3.05. The molecule has 1 unspecified atom stereocenters. The lowest BCUT2D eigenvalue weighted by atomic mass is 9.67. The average Bonchev–Trinajstić information content (AvgIpc) is 2.82. The van der Waals surface area contributed by atoms with E-state index in [-0.39, 0.29) is 12.2 Å². The molecule has 3 fully saturated rings. The zero-order chi connectivity index (χ0) is 15.0. The maximum absolute atomic E-state index is 12.6. The lowest BCUT2D eigenvalue weighted by Gasteiger charge is -2.38. The summed E-state index contributed by atoms with van der Waals surface area (Å²) in [4.78, 5) is 17.0. The van der Waals surface area contributed by atoms with Gasteiger partial charge in [0.1, 0.15) is 6.10 Å². The number of carbonyl (C=O) groups excluding carboxylic acids is 1. The molecule has 0 N–H and O–H groups in total. The van der Waals surface area contributed by atoms with Gasteiger partial charge in [-0.2, -0.15) is 0 Å². The molecule has 1 atom stereocenters. The summed E-state index contributed by atoms with van der Waals surface area (Å²) in [6, 6.07) is 0.379. The maximum atomic E-state index is 12.6. The molecule has 2 saturated heterocycles. The first-order chi connectivity index (χ1) is 9.99. The smallest absolute Gasteiger partial charge is 0.410 e. The third-order valence-electron chi connectivity index (χ3n) is 5.90. The van der Waals surface area contributed by atoms with Gasteiger partial charge in [0.2, 0.25) is 0 Å². The van der Waals surface area contributed by atoms with E-state index in [2.05, 4.69) is 30.7 Å². The Morgan fingerprint density at radius 2 is 1.90 bits per heavy atom. The molecule has 0 bridgehead atoms. The Bertz CT molecular complexity index is 384. The Morgan fingerprint density at radius 1 is 1.24 bits per heavy atom. The molecule has 3 rings (SSSR count). The van der Waals surface area contributed by atoms with Crippen LogP contribution in [0.1, 0.15) is 52.4 Å². The van der Waals surface area contributed by atoms with Crippen LogP contribution in [0.4, 0.5) is 4.79 Å². The number of hydrogen-bond acceptors (Lipinski definition) is 3. The molecule has 0 aromatic rings. The van der Waals surface area contributed by atoms with Gasteiger partial charge >= 0.3 is 6.09 Å². The summed E-state index contributed by atoms with van der Waals surface area (Å²) in [5, 5.41) is 0. The van der Waals surface area contributed by atoms with Gasteiger partial charge in [-0.3, -0.25) is 0 Å². The number of rotatable bonds is 2. The second kappa shape index (κ2) is 5.79. The lowest BCUT2D eigenvalue weighted by molar-refractivity contribution is 0.0244. The van der Waals surface area contributed by atoms with Crippen molar-refractivity contribution in [3.63, 3.8) is 0 Å². The van der Waals surface area contributed by atoms with Gasteiger partial charge in [0, 0.05) is 25.7 Å². The second-order valence-corrected chi connectivity index (χ2v) is 7.88. The van der Waals surface area contributed by atoms with Crippen molar-refractivity contribution >= 4 is 6.09 Å². The molecule has 2 heterocycles. The van der Waals surface area contributed by atoms with Gasteiger partial charge in [0.25, 0.3) is 0 Å². The summed E-state index contributed by atoms with van der Waals surface area (Å²) in [5.74, 6) is 0.523. The normalized spacial score (nSPS) is 29.9. The number of piperidine rings is 1. The predicted octanol–water partition coefficient (Wildman–Crippen LogP) is 3.12. The minimum atomic E-state index is -0.0490. The van der Waals surface area contributed by atoms with Crippen molar-refractivity contribution in [1.82, 2.24) is 9.80 Å². The zero-order valence-corrected chi connectivity index (χ0v) is 13.8. The van der Waals surface area contributed by atoms with Crippen LogP contribution < -0.4 is 0 Å². The van der Waals surface area contributed by atoms with Crippen LogP contribution in [-0.2, 0) is 4.74 Å². The fourth-order valence-corrected chi connectivity index (χ4v) is 4.24. The summed E-state index contributed by atoms with van der Waals surface area (Å²) in [6.07, 6.45) is 7.16. The second-order valence-electron chi connectivity index (χ2n) is 7.88. The van der Waals surface area contributed by atoms with Crippen molar-refractivity contribution in [3.05, 3.63) is 0 Å². The molecular formula is C17H30N2O2. The fourth-order valence-electron chi connectivity index (χ4n) is 4.24. The van der Waals surface area contributed by atoms with Crippen molar-refractivity contribution in [1.29, 1.82) is 0 Å². The summed E-state index contributed by atoms with van der Waals surface area (Å²) in [5.41, 5.74) is 0.431. The monoisotopic (exact) mass is 294 g/mol. The van der Waals surface area contributed by atoms with Crippen LogP contribution in [-0.4, -0.2) is 54.7 Å². The molecule has 1 amide bonds. The number of nitrogens with zero attached hydrogens (tertiary/aromatic N) is 2. The van der Waals surface area contributed by atoms with Crippen molar-refractivity contribution in [2.24, 2.45) is 11.3 Å². The quantitative estimate of drug-likeness (QED) is 0.784. The summed E-state index contributed by atoms with van der Waals surface area (Å²) in [6.45, 7) is 7.47. The Hall–Kier alpha value is -0.770. The average molecular weight is 294 g/mol. The van der Waals surface area contributed by atoms with Crippen LogP contribution in [0.15, 0.2) is 0 Å². The lowest BCUT2D eigenvalue weighted by Crippen LogP contribution is -2.43. The van der Waals surface area contributed by atoms with Crippen LogP contribution in [0.5, 0.6) is 0 Å². The third-order valence-corrected chi connectivity index (χ3v) is 5.90. The SMILES string of the molecule is CC(C)C1CC2(CCC2)CN1C(=O)OC1CCN(C)CC1. The molecule has 0 aromatic heterocycles. The van der Waals surface area contributed by atoms with Crippen molar-refractivity contribution in [2.75, 3.05) is 26.7 Å². The molecule has 1 spiro atoms. The Kier molecular flexibility index (Phi) is 4.17. The Morgan fingerprint density at radius 3 is 2.43 bits per heavy atom. The largest absolute Gasteiger partial charge is 0.446 e. The van der Waals surface area contributed by atoms with E-state index in [1.54, 1.807) is 0 Å². The molecular weight excluding hydrogens is 264 g/mol. The molecule has 21 heavy (non-hydrogen) atoms. The highest BCUT2D eigenvalue weighted by Gasteiger charge is 2.50. The van der Waals surface area contributed by atoms with Gasteiger partial charge in [0.05, 0.1) is 0 Å². The number of amides is 1. The van der Waals surface area contributed by atoms with E-state index in [9.17, 15) is 4.79 Å². The number of likely N-dealkylation sites (tertiary alicyclic amines) is 2. The van der Waals surface area contributed by atoms with Crippen molar-refractivity contribution < 1.29 is 9.53 Å². The summed E-state index contributed by atoms with van der Waals surface area (Å²) < 4.78 is 5.83. The minimum Gasteiger partial charge on any atom is -0.446 e. The highest BCUT2D eigenvalue weighted by molar-refractivity contribution is 5.69. The van der Waals surface area contributed by atoms with E-state index in [1.807, 2.05) is 0 Å². The van der Waals surface area contributed by atoms with E-state index in [0.29, 0.717) is 17.4 Å². The maximum Gasteiger partial charge on any atom is 0.410 e. The summed E-state index contributed by atoms with van der Waals surface area (Å²) >= 11 is 0. The van der Waals surface area contributed by atoms with Gasteiger partial charge in [0.15, 0.2) is 0 Å². The Balaban J connectivity index is 1.60. The van der Waals surface area contributed by atoms with Crippen molar-refractivity contribution in [2.45, 2.75) is 64.5 Å². The zero-order valence-electron chi connectivity index (χ0n) is 13.8. The van der Waals surface area contributed by atoms with Crippen LogP contribution in [0.3, 0.4) is 0 Å². The molecule has 0 aromatic carbocycles. The molecule has 1 aliphatic carbocycles. The molecule has 2 aliphatic heterocycles. The fraction of sp³-hybridized carbons (Fsp3) is 0.941. The first-order valence-electron chi connectivity index (χ1n) is 8.65. The molecule has 0 radical (unpaired) electrons. The molecule has 120 valence electrons. The first kappa shape index (κ1) is 15.1. The molecule has 3 aliphatic rings. The van der Waals surface area contributed by atoms with E-state index < -0.39 is 0 Å². The van der Waals surface area contributed by atoms with Crippen LogP contribution in [0.25, 0.3) is 0 Å².